The van der Waals surface area contributed by atoms with Gasteiger partial charge in [0.05, 0.1) is 0 Å². The molecule has 1 N–H and O–H groups in total. The number of likely N-dealkylation sites (N-methyl/N-ethyl adjacent to an activating group) is 1. The van der Waals surface area contributed by atoms with Gasteiger partial charge in [-0.25, -0.2) is 0 Å². The number of hydrogen-bond donors (Lipinski definition) is 1. The highest BCUT2D eigenvalue weighted by Gasteiger charge is 2.42. The lowest BCUT2D eigenvalue weighted by Crippen LogP contribution is -2.50. The van der Waals surface area contributed by atoms with E-state index in [1.54, 1.807) is 0 Å². The molecule has 0 amide bonds. The Morgan fingerprint density at radius 2 is 2.00 bits per heavy atom. The first-order valence-electron chi connectivity index (χ1n) is 9.03. The van der Waals surface area contributed by atoms with Crippen LogP contribution in [-0.2, 0) is 6.54 Å². The number of rotatable bonds is 2. The van der Waals surface area contributed by atoms with Gasteiger partial charge in [0.25, 0.3) is 0 Å². The molecule has 2 heterocycles. The van der Waals surface area contributed by atoms with Crippen LogP contribution in [0.1, 0.15) is 29.0 Å². The summed E-state index contributed by atoms with van der Waals surface area (Å²) in [6, 6.07) is 17.7. The molecule has 0 aliphatic carbocycles. The number of nitrogens with zero attached hydrogens (tertiary/aromatic N) is 2. The van der Waals surface area contributed by atoms with Gasteiger partial charge >= 0.3 is 0 Å². The van der Waals surface area contributed by atoms with E-state index in [-0.39, 0.29) is 0 Å². The summed E-state index contributed by atoms with van der Waals surface area (Å²) in [5.41, 5.74) is 5.34. The molecule has 2 atom stereocenters. The number of hydrogen-bond acceptors (Lipinski definition) is 2. The summed E-state index contributed by atoms with van der Waals surface area (Å²) in [6.07, 6.45) is 1.15. The summed E-state index contributed by atoms with van der Waals surface area (Å²) in [5, 5.41) is 4.34. The monoisotopic (exact) mass is 351 g/mol. The molecule has 1 fully saturated rings. The SMILES string of the molecule is Cc1ccc2c(c1)C1CN(C)CCC1N2C(=S)NCc1ccccc1. The van der Waals surface area contributed by atoms with E-state index >= 15 is 0 Å². The van der Waals surface area contributed by atoms with Gasteiger partial charge in [0.15, 0.2) is 5.11 Å². The summed E-state index contributed by atoms with van der Waals surface area (Å²) in [4.78, 5) is 4.82. The number of likely N-dealkylation sites (tertiary alicyclic amines) is 1. The highest BCUT2D eigenvalue weighted by Crippen LogP contribution is 2.44. The molecule has 0 aromatic heterocycles. The first kappa shape index (κ1) is 16.6. The van der Waals surface area contributed by atoms with Crippen LogP contribution >= 0.6 is 12.2 Å². The number of nitrogens with one attached hydrogen (secondary N) is 1. The van der Waals surface area contributed by atoms with Crippen molar-refractivity contribution in [3.05, 3.63) is 65.2 Å². The molecule has 4 heteroatoms. The third kappa shape index (κ3) is 3.16. The van der Waals surface area contributed by atoms with Gasteiger partial charge in [0, 0.05) is 30.7 Å². The van der Waals surface area contributed by atoms with Crippen LogP contribution in [0.2, 0.25) is 0 Å². The fourth-order valence-electron chi connectivity index (χ4n) is 4.20. The summed E-state index contributed by atoms with van der Waals surface area (Å²) < 4.78 is 0. The first-order valence-corrected chi connectivity index (χ1v) is 9.44. The number of aryl methyl sites for hydroxylation is 1. The Kier molecular flexibility index (Phi) is 4.48. The lowest BCUT2D eigenvalue weighted by molar-refractivity contribution is 0.237. The zero-order chi connectivity index (χ0) is 17.4. The Morgan fingerprint density at radius 3 is 2.80 bits per heavy atom. The topological polar surface area (TPSA) is 18.5 Å². The van der Waals surface area contributed by atoms with Crippen molar-refractivity contribution in [3.63, 3.8) is 0 Å². The van der Waals surface area contributed by atoms with E-state index in [0.717, 1.165) is 31.2 Å². The molecule has 0 spiro atoms. The van der Waals surface area contributed by atoms with E-state index in [4.69, 9.17) is 12.2 Å². The van der Waals surface area contributed by atoms with Crippen molar-refractivity contribution in [2.45, 2.75) is 31.8 Å². The quantitative estimate of drug-likeness (QED) is 0.832. The number of thiocarbonyl (C=S) groups is 1. The van der Waals surface area contributed by atoms with Crippen LogP contribution in [0, 0.1) is 6.92 Å². The van der Waals surface area contributed by atoms with Crippen LogP contribution in [0.15, 0.2) is 48.5 Å². The lowest BCUT2D eigenvalue weighted by atomic mass is 9.89. The molecule has 130 valence electrons. The summed E-state index contributed by atoms with van der Waals surface area (Å²) in [5.74, 6) is 0.546. The maximum Gasteiger partial charge on any atom is 0.174 e. The molecular formula is C21H25N3S. The fraction of sp³-hybridized carbons (Fsp3) is 0.381. The van der Waals surface area contributed by atoms with Crippen LogP contribution < -0.4 is 10.2 Å². The van der Waals surface area contributed by atoms with Gasteiger partial charge in [-0.15, -0.1) is 0 Å². The number of fused-ring (bicyclic) bond motifs is 3. The Morgan fingerprint density at radius 1 is 1.20 bits per heavy atom. The van der Waals surface area contributed by atoms with Crippen LogP contribution in [0.4, 0.5) is 5.69 Å². The van der Waals surface area contributed by atoms with E-state index < -0.39 is 0 Å². The van der Waals surface area contributed by atoms with Gasteiger partial charge in [0.2, 0.25) is 0 Å². The van der Waals surface area contributed by atoms with Crippen LogP contribution in [0.25, 0.3) is 0 Å². The molecule has 0 saturated carbocycles. The molecule has 2 aliphatic heterocycles. The highest BCUT2D eigenvalue weighted by atomic mass is 32.1. The van der Waals surface area contributed by atoms with Crippen molar-refractivity contribution < 1.29 is 0 Å². The molecule has 2 aromatic carbocycles. The van der Waals surface area contributed by atoms with E-state index in [0.29, 0.717) is 12.0 Å². The average Bonchev–Trinajstić information content (AvgIpc) is 2.93. The molecule has 3 nitrogen and oxygen atoms in total. The van der Waals surface area contributed by atoms with Gasteiger partial charge in [0.1, 0.15) is 0 Å². The molecule has 2 aromatic rings. The van der Waals surface area contributed by atoms with E-state index in [9.17, 15) is 0 Å². The minimum absolute atomic E-state index is 0.476. The standard InChI is InChI=1S/C21H25N3S/c1-15-8-9-19-17(12-15)18-14-23(2)11-10-20(18)24(19)21(25)22-13-16-6-4-3-5-7-16/h3-9,12,18,20H,10-11,13-14H2,1-2H3,(H,22,25). The van der Waals surface area contributed by atoms with Crippen molar-refractivity contribution >= 4 is 23.0 Å². The summed E-state index contributed by atoms with van der Waals surface area (Å²) in [7, 11) is 2.22. The third-order valence-corrected chi connectivity index (χ3v) is 5.80. The van der Waals surface area contributed by atoms with Gasteiger partial charge in [-0.05, 0) is 56.3 Å². The maximum absolute atomic E-state index is 5.82. The zero-order valence-corrected chi connectivity index (χ0v) is 15.7. The van der Waals surface area contributed by atoms with Crippen molar-refractivity contribution in [2.24, 2.45) is 0 Å². The Hall–Kier alpha value is -1.91. The van der Waals surface area contributed by atoms with E-state index in [1.165, 1.54) is 22.4 Å². The van der Waals surface area contributed by atoms with Crippen molar-refractivity contribution in [3.8, 4) is 0 Å². The van der Waals surface area contributed by atoms with Crippen LogP contribution in [0.5, 0.6) is 0 Å². The lowest BCUT2D eigenvalue weighted by Gasteiger charge is -2.37. The summed E-state index contributed by atoms with van der Waals surface area (Å²) in [6.45, 7) is 5.19. The zero-order valence-electron chi connectivity index (χ0n) is 14.9. The van der Waals surface area contributed by atoms with Gasteiger partial charge in [-0.3, -0.25) is 0 Å². The Balaban J connectivity index is 1.59. The molecule has 2 aliphatic rings. The molecule has 0 bridgehead atoms. The highest BCUT2D eigenvalue weighted by molar-refractivity contribution is 7.80. The smallest absolute Gasteiger partial charge is 0.174 e. The van der Waals surface area contributed by atoms with Gasteiger partial charge < -0.3 is 15.1 Å². The van der Waals surface area contributed by atoms with E-state index in [2.05, 4.69) is 71.6 Å². The third-order valence-electron chi connectivity index (χ3n) is 5.46. The minimum atomic E-state index is 0.476. The number of benzene rings is 2. The molecule has 0 radical (unpaired) electrons. The van der Waals surface area contributed by atoms with Crippen LogP contribution in [0.3, 0.4) is 0 Å². The molecule has 25 heavy (non-hydrogen) atoms. The normalized spacial score (nSPS) is 22.4. The van der Waals surface area contributed by atoms with Crippen molar-refractivity contribution in [2.75, 3.05) is 25.0 Å². The second-order valence-corrected chi connectivity index (χ2v) is 7.69. The minimum Gasteiger partial charge on any atom is -0.358 e. The van der Waals surface area contributed by atoms with Crippen LogP contribution in [-0.4, -0.2) is 36.2 Å². The van der Waals surface area contributed by atoms with Crippen molar-refractivity contribution in [1.82, 2.24) is 10.2 Å². The van der Waals surface area contributed by atoms with E-state index in [1.807, 2.05) is 6.07 Å². The molecular weight excluding hydrogens is 326 g/mol. The van der Waals surface area contributed by atoms with Crippen molar-refractivity contribution in [1.29, 1.82) is 0 Å². The predicted molar refractivity (Wildman–Crippen MR) is 108 cm³/mol. The second kappa shape index (κ2) is 6.77. The Bertz CT molecular complexity index is 774. The first-order chi connectivity index (χ1) is 12.1. The second-order valence-electron chi connectivity index (χ2n) is 7.30. The molecule has 4 rings (SSSR count). The molecule has 1 saturated heterocycles. The average molecular weight is 352 g/mol. The van der Waals surface area contributed by atoms with Gasteiger partial charge in [-0.1, -0.05) is 48.0 Å². The van der Waals surface area contributed by atoms with Gasteiger partial charge in [-0.2, -0.15) is 0 Å². The molecule has 2 unspecified atom stereocenters. The maximum atomic E-state index is 5.82. The summed E-state index contributed by atoms with van der Waals surface area (Å²) >= 11 is 5.82. The largest absolute Gasteiger partial charge is 0.358 e. The Labute approximate surface area is 155 Å². The number of anilines is 1. The number of piperidine rings is 1. The fourth-order valence-corrected chi connectivity index (χ4v) is 4.51. The predicted octanol–water partition coefficient (Wildman–Crippen LogP) is 3.68.